The summed E-state index contributed by atoms with van der Waals surface area (Å²) in [6.45, 7) is 0. The van der Waals surface area contributed by atoms with Crippen LogP contribution in [-0.4, -0.2) is 14.1 Å². The van der Waals surface area contributed by atoms with Crippen LogP contribution in [0.3, 0.4) is 0 Å². The molecule has 0 bridgehead atoms. The zero-order valence-corrected chi connectivity index (χ0v) is 7.35. The third-order valence-corrected chi connectivity index (χ3v) is 1.98. The Labute approximate surface area is 80.3 Å². The van der Waals surface area contributed by atoms with Crippen LogP contribution < -0.4 is 0 Å². The molecule has 0 aromatic carbocycles. The molecule has 0 atom stereocenters. The molecule has 0 aliphatic carbocycles. The van der Waals surface area contributed by atoms with Crippen LogP contribution in [0.25, 0.3) is 0 Å². The molecular formula is C9H9N3O2. The minimum atomic E-state index is -0.889. The van der Waals surface area contributed by atoms with Crippen LogP contribution in [0.2, 0.25) is 0 Å². The highest BCUT2D eigenvalue weighted by Crippen LogP contribution is 2.11. The molecule has 0 N–H and O–H groups in total. The summed E-state index contributed by atoms with van der Waals surface area (Å²) in [4.78, 5) is 10.5. The molecule has 0 saturated carbocycles. The fourth-order valence-electron chi connectivity index (χ4n) is 1.38. The Morgan fingerprint density at radius 1 is 0.929 bits per heavy atom. The zero-order valence-electron chi connectivity index (χ0n) is 7.35. The van der Waals surface area contributed by atoms with Crippen LogP contribution >= 0.6 is 0 Å². The fraction of sp³-hybridized carbons (Fsp3) is 0.111. The number of hydrogen-bond donors (Lipinski definition) is 0. The van der Waals surface area contributed by atoms with Gasteiger partial charge in [-0.3, -0.25) is 19.2 Å². The molecule has 2 rings (SSSR count). The van der Waals surface area contributed by atoms with Crippen molar-refractivity contribution in [2.75, 3.05) is 0 Å². The molecule has 0 aliphatic rings. The molecule has 0 spiro atoms. The summed E-state index contributed by atoms with van der Waals surface area (Å²) in [6, 6.07) is 7.06. The monoisotopic (exact) mass is 191 g/mol. The molecular weight excluding hydrogens is 182 g/mol. The van der Waals surface area contributed by atoms with Crippen molar-refractivity contribution in [3.05, 3.63) is 59.2 Å². The molecule has 0 aliphatic heterocycles. The Bertz CT molecular complexity index is 371. The van der Waals surface area contributed by atoms with Crippen LogP contribution in [0.4, 0.5) is 0 Å². The molecule has 2 aromatic heterocycles. The highest BCUT2D eigenvalue weighted by molar-refractivity contribution is 4.96. The zero-order chi connectivity index (χ0) is 9.97. The number of nitrogens with zero attached hydrogens (tertiary/aromatic N) is 3. The van der Waals surface area contributed by atoms with Gasteiger partial charge in [0.25, 0.3) is 0 Å². The molecule has 5 nitrogen and oxygen atoms in total. The summed E-state index contributed by atoms with van der Waals surface area (Å²) >= 11 is 0. The largest absolute Gasteiger partial charge is 0.375 e. The Morgan fingerprint density at radius 3 is 1.57 bits per heavy atom. The van der Waals surface area contributed by atoms with Crippen LogP contribution in [0.5, 0.6) is 0 Å². The second kappa shape index (κ2) is 3.37. The first-order valence-corrected chi connectivity index (χ1v) is 4.17. The minimum Gasteiger partial charge on any atom is -0.274 e. The van der Waals surface area contributed by atoms with E-state index in [1.807, 2.05) is 0 Å². The van der Waals surface area contributed by atoms with Crippen LogP contribution in [0.1, 0.15) is 6.29 Å². The Morgan fingerprint density at radius 2 is 1.29 bits per heavy atom. The summed E-state index contributed by atoms with van der Waals surface area (Å²) in [5.41, 5.74) is 0. The normalized spacial score (nSPS) is 10.6. The van der Waals surface area contributed by atoms with E-state index < -0.39 is 6.29 Å². The van der Waals surface area contributed by atoms with E-state index in [2.05, 4.69) is 0 Å². The summed E-state index contributed by atoms with van der Waals surface area (Å²) in [6.07, 6.45) is 5.81. The predicted molar refractivity (Wildman–Crippen MR) is 50.3 cm³/mol. The molecule has 0 saturated heterocycles. The van der Waals surface area contributed by atoms with Gasteiger partial charge in [0.05, 0.1) is 4.92 Å². The van der Waals surface area contributed by atoms with Gasteiger partial charge in [0.2, 0.25) is 0 Å². The van der Waals surface area contributed by atoms with Crippen LogP contribution in [-0.2, 0) is 0 Å². The van der Waals surface area contributed by atoms with Crippen molar-refractivity contribution in [1.29, 1.82) is 0 Å². The number of aromatic nitrogens is 2. The van der Waals surface area contributed by atoms with E-state index in [0.29, 0.717) is 0 Å². The van der Waals surface area contributed by atoms with Gasteiger partial charge in [-0.1, -0.05) is 0 Å². The number of hydrogen-bond acceptors (Lipinski definition) is 2. The topological polar surface area (TPSA) is 53.0 Å². The molecule has 14 heavy (non-hydrogen) atoms. The van der Waals surface area contributed by atoms with Gasteiger partial charge in [-0.15, -0.1) is 0 Å². The van der Waals surface area contributed by atoms with Crippen LogP contribution in [0, 0.1) is 10.1 Å². The summed E-state index contributed by atoms with van der Waals surface area (Å²) in [5, 5.41) is 10.9. The van der Waals surface area contributed by atoms with E-state index in [0.717, 1.165) is 0 Å². The number of nitro groups is 1. The van der Waals surface area contributed by atoms with Crippen molar-refractivity contribution in [2.24, 2.45) is 0 Å². The third-order valence-electron chi connectivity index (χ3n) is 1.98. The second-order valence-corrected chi connectivity index (χ2v) is 2.89. The average molecular weight is 191 g/mol. The first-order chi connectivity index (χ1) is 6.79. The smallest absolute Gasteiger partial charge is 0.274 e. The van der Waals surface area contributed by atoms with Crippen LogP contribution in [0.15, 0.2) is 49.1 Å². The highest BCUT2D eigenvalue weighted by atomic mass is 16.6. The minimum absolute atomic E-state index is 0.333. The van der Waals surface area contributed by atoms with Crippen molar-refractivity contribution in [2.45, 2.75) is 6.29 Å². The Balaban J connectivity index is 2.40. The Kier molecular flexibility index (Phi) is 2.06. The van der Waals surface area contributed by atoms with E-state index in [1.165, 1.54) is 0 Å². The van der Waals surface area contributed by atoms with Crippen molar-refractivity contribution in [1.82, 2.24) is 9.13 Å². The second-order valence-electron chi connectivity index (χ2n) is 2.89. The van der Waals surface area contributed by atoms with E-state index in [-0.39, 0.29) is 4.92 Å². The van der Waals surface area contributed by atoms with Gasteiger partial charge in [-0.2, -0.15) is 0 Å². The van der Waals surface area contributed by atoms with Crippen molar-refractivity contribution in [3.63, 3.8) is 0 Å². The van der Waals surface area contributed by atoms with Crippen molar-refractivity contribution < 1.29 is 4.92 Å². The summed E-state index contributed by atoms with van der Waals surface area (Å²) < 4.78 is 3.08. The van der Waals surface area contributed by atoms with E-state index >= 15 is 0 Å². The van der Waals surface area contributed by atoms with E-state index in [1.54, 1.807) is 58.2 Å². The van der Waals surface area contributed by atoms with Gasteiger partial charge in [-0.25, -0.2) is 0 Å². The predicted octanol–water partition coefficient (Wildman–Crippen LogP) is 1.57. The van der Waals surface area contributed by atoms with Crippen molar-refractivity contribution in [3.8, 4) is 0 Å². The van der Waals surface area contributed by atoms with E-state index in [4.69, 9.17) is 0 Å². The Hall–Kier alpha value is -2.04. The average Bonchev–Trinajstić information content (AvgIpc) is 2.75. The lowest BCUT2D eigenvalue weighted by Crippen LogP contribution is -2.23. The van der Waals surface area contributed by atoms with Gasteiger partial charge in [0, 0.05) is 24.8 Å². The lowest BCUT2D eigenvalue weighted by atomic mass is 10.7. The highest BCUT2D eigenvalue weighted by Gasteiger charge is 2.21. The molecule has 2 heterocycles. The van der Waals surface area contributed by atoms with Gasteiger partial charge < -0.3 is 0 Å². The molecule has 0 unspecified atom stereocenters. The van der Waals surface area contributed by atoms with Crippen molar-refractivity contribution >= 4 is 0 Å². The maximum Gasteiger partial charge on any atom is 0.375 e. The molecule has 0 fully saturated rings. The third kappa shape index (κ3) is 1.39. The molecule has 0 radical (unpaired) electrons. The first kappa shape index (κ1) is 8.55. The van der Waals surface area contributed by atoms with Gasteiger partial charge in [0.15, 0.2) is 0 Å². The lowest BCUT2D eigenvalue weighted by Gasteiger charge is -2.11. The maximum atomic E-state index is 10.9. The maximum absolute atomic E-state index is 10.9. The van der Waals surface area contributed by atoms with Gasteiger partial charge in [-0.05, 0) is 24.3 Å². The first-order valence-electron chi connectivity index (χ1n) is 4.17. The van der Waals surface area contributed by atoms with Gasteiger partial charge in [0.1, 0.15) is 0 Å². The molecule has 5 heteroatoms. The molecule has 72 valence electrons. The summed E-state index contributed by atoms with van der Waals surface area (Å²) in [7, 11) is 0. The van der Waals surface area contributed by atoms with Gasteiger partial charge >= 0.3 is 6.29 Å². The fourth-order valence-corrected chi connectivity index (χ4v) is 1.38. The van der Waals surface area contributed by atoms with E-state index in [9.17, 15) is 10.1 Å². The molecule has 2 aromatic rings. The number of rotatable bonds is 3. The molecule has 0 amide bonds. The summed E-state index contributed by atoms with van der Waals surface area (Å²) in [5.74, 6) is 0. The standard InChI is InChI=1S/C9H9N3O2/c13-12(14)9(10-5-1-2-6-10)11-7-3-4-8-11/h1-9H. The quantitative estimate of drug-likeness (QED) is 0.546. The SMILES string of the molecule is O=[N+]([O-])C(n1cccc1)n1cccc1. The lowest BCUT2D eigenvalue weighted by molar-refractivity contribution is -0.555.